The van der Waals surface area contributed by atoms with Crippen molar-refractivity contribution >= 4 is 5.97 Å². The topological polar surface area (TPSA) is 26.3 Å². The first-order chi connectivity index (χ1) is 7.83. The zero-order chi connectivity index (χ0) is 11.4. The third kappa shape index (κ3) is 4.89. The molecule has 96 valence electrons. The maximum absolute atomic E-state index is 11.6. The molecule has 0 bridgehead atoms. The summed E-state index contributed by atoms with van der Waals surface area (Å²) in [4.78, 5) is 11.6. The number of ether oxygens (including phenoxy) is 1. The van der Waals surface area contributed by atoms with Crippen molar-refractivity contribution in [1.82, 2.24) is 0 Å². The molecule has 2 rings (SSSR count). The van der Waals surface area contributed by atoms with Crippen LogP contribution in [-0.4, -0.2) is 13.1 Å². The molecule has 0 heterocycles. The number of hydrogen-bond donors (Lipinski definition) is 0. The number of carbonyl (C=O) groups is 1. The summed E-state index contributed by atoms with van der Waals surface area (Å²) in [5, 5.41) is 0. The van der Waals surface area contributed by atoms with Crippen LogP contribution >= 0.6 is 0 Å². The summed E-state index contributed by atoms with van der Waals surface area (Å²) in [7, 11) is 1.39. The number of halogens is 1. The predicted octanol–water partition coefficient (Wildman–Crippen LogP) is 0.392. The number of methoxy groups -OCH3 is 1. The van der Waals surface area contributed by atoms with Gasteiger partial charge in [-0.25, -0.2) is 4.79 Å². The van der Waals surface area contributed by atoms with Crippen molar-refractivity contribution in [2.75, 3.05) is 7.11 Å². The standard InChI is InChI=1S/C14H11O2.CH3.BrH.Zn/c1-16-14(15)13-10-6-5-9-12(13)11-7-3-2-4-8-11;;;/h3-10H,1H3;1H3;1H;/q2*-1;;+2/p-1. The van der Waals surface area contributed by atoms with E-state index >= 15 is 0 Å². The van der Waals surface area contributed by atoms with Crippen molar-refractivity contribution in [2.45, 2.75) is 0 Å². The Morgan fingerprint density at radius 2 is 1.68 bits per heavy atom. The summed E-state index contributed by atoms with van der Waals surface area (Å²) >= 11 is 0. The van der Waals surface area contributed by atoms with Crippen molar-refractivity contribution in [2.24, 2.45) is 0 Å². The molecular formula is C15H14BrO2Zn-. The van der Waals surface area contributed by atoms with Crippen molar-refractivity contribution in [3.05, 3.63) is 67.6 Å². The van der Waals surface area contributed by atoms with Gasteiger partial charge in [0.2, 0.25) is 0 Å². The smallest absolute Gasteiger partial charge is 1.00 e. The number of carbonyl (C=O) groups excluding carboxylic acids is 1. The quantitative estimate of drug-likeness (QED) is 0.434. The fourth-order valence-electron chi connectivity index (χ4n) is 1.59. The van der Waals surface area contributed by atoms with Gasteiger partial charge in [-0.3, -0.25) is 0 Å². The van der Waals surface area contributed by atoms with Gasteiger partial charge in [-0.2, -0.15) is 30.3 Å². The molecule has 0 aromatic heterocycles. The van der Waals surface area contributed by atoms with Crippen LogP contribution in [0.15, 0.2) is 48.5 Å². The maximum Gasteiger partial charge on any atom is 2.00 e. The van der Waals surface area contributed by atoms with E-state index in [1.807, 2.05) is 42.5 Å². The van der Waals surface area contributed by atoms with Crippen LogP contribution in [0.4, 0.5) is 0 Å². The minimum Gasteiger partial charge on any atom is -1.00 e. The van der Waals surface area contributed by atoms with Crippen LogP contribution in [0, 0.1) is 13.5 Å². The summed E-state index contributed by atoms with van der Waals surface area (Å²) < 4.78 is 4.75. The molecule has 0 saturated carbocycles. The van der Waals surface area contributed by atoms with Crippen molar-refractivity contribution in [3.63, 3.8) is 0 Å². The second-order valence-electron chi connectivity index (χ2n) is 3.33. The third-order valence-electron chi connectivity index (χ3n) is 2.36. The van der Waals surface area contributed by atoms with Crippen LogP contribution in [0.25, 0.3) is 11.1 Å². The number of hydrogen-bond acceptors (Lipinski definition) is 2. The molecule has 2 nitrogen and oxygen atoms in total. The van der Waals surface area contributed by atoms with Crippen molar-refractivity contribution in [1.29, 1.82) is 0 Å². The van der Waals surface area contributed by atoms with E-state index in [2.05, 4.69) is 6.07 Å². The van der Waals surface area contributed by atoms with Gasteiger partial charge in [-0.05, 0) is 11.6 Å². The Hall–Kier alpha value is -0.987. The zero-order valence-electron chi connectivity index (χ0n) is 11.0. The summed E-state index contributed by atoms with van der Waals surface area (Å²) in [5.41, 5.74) is 2.44. The number of benzene rings is 2. The molecule has 0 N–H and O–H groups in total. The minimum atomic E-state index is -0.316. The monoisotopic (exact) mass is 369 g/mol. The summed E-state index contributed by atoms with van der Waals surface area (Å²) in [5.74, 6) is -0.316. The summed E-state index contributed by atoms with van der Waals surface area (Å²) in [6, 6.07) is 17.8. The first-order valence-corrected chi connectivity index (χ1v) is 4.97. The third-order valence-corrected chi connectivity index (χ3v) is 2.36. The SMILES string of the molecule is COC(=O)c1ccccc1-c1cc[c-]cc1.[Br-].[CH3-].[Zn+2]. The molecule has 2 aromatic carbocycles. The molecule has 0 spiro atoms. The van der Waals surface area contributed by atoms with E-state index < -0.39 is 0 Å². The molecule has 2 aromatic rings. The Bertz CT molecular complexity index is 501. The van der Waals surface area contributed by atoms with E-state index in [4.69, 9.17) is 4.74 Å². The normalized spacial score (nSPS) is 8.26. The second-order valence-corrected chi connectivity index (χ2v) is 3.33. The first kappa shape index (κ1) is 20.3. The Kier molecular flexibility index (Phi) is 10.6. The van der Waals surface area contributed by atoms with Crippen LogP contribution in [0.1, 0.15) is 10.4 Å². The summed E-state index contributed by atoms with van der Waals surface area (Å²) in [6.07, 6.45) is 0. The van der Waals surface area contributed by atoms with Gasteiger partial charge in [0.1, 0.15) is 0 Å². The maximum atomic E-state index is 11.6. The van der Waals surface area contributed by atoms with Gasteiger partial charge in [0.05, 0.1) is 12.7 Å². The van der Waals surface area contributed by atoms with Crippen LogP contribution in [0.3, 0.4) is 0 Å². The second kappa shape index (κ2) is 9.88. The molecule has 4 heteroatoms. The van der Waals surface area contributed by atoms with E-state index in [1.54, 1.807) is 6.07 Å². The van der Waals surface area contributed by atoms with E-state index in [1.165, 1.54) is 7.11 Å². The van der Waals surface area contributed by atoms with Gasteiger partial charge < -0.3 is 29.1 Å². The Labute approximate surface area is 137 Å². The minimum absolute atomic E-state index is 0. The molecule has 19 heavy (non-hydrogen) atoms. The van der Waals surface area contributed by atoms with E-state index in [-0.39, 0.29) is 49.9 Å². The van der Waals surface area contributed by atoms with Crippen LogP contribution in [0.2, 0.25) is 0 Å². The van der Waals surface area contributed by atoms with Crippen molar-refractivity contribution in [3.8, 4) is 11.1 Å². The van der Waals surface area contributed by atoms with E-state index in [0.29, 0.717) is 5.56 Å². The summed E-state index contributed by atoms with van der Waals surface area (Å²) in [6.45, 7) is 0. The number of esters is 1. The Morgan fingerprint density at radius 1 is 1.11 bits per heavy atom. The zero-order valence-corrected chi connectivity index (χ0v) is 15.6. The molecular weight excluding hydrogens is 357 g/mol. The van der Waals surface area contributed by atoms with Gasteiger partial charge in [0.25, 0.3) is 0 Å². The average molecular weight is 372 g/mol. The molecule has 0 saturated heterocycles. The van der Waals surface area contributed by atoms with Crippen molar-refractivity contribution < 1.29 is 46.0 Å². The molecule has 0 fully saturated rings. The van der Waals surface area contributed by atoms with Crippen LogP contribution in [-0.2, 0) is 24.2 Å². The van der Waals surface area contributed by atoms with Gasteiger partial charge in [0.15, 0.2) is 0 Å². The predicted molar refractivity (Wildman–Crippen MR) is 68.5 cm³/mol. The molecule has 0 atom stereocenters. The largest absolute Gasteiger partial charge is 2.00 e. The van der Waals surface area contributed by atoms with Crippen LogP contribution in [0.5, 0.6) is 0 Å². The van der Waals surface area contributed by atoms with E-state index in [9.17, 15) is 4.79 Å². The molecule has 0 unspecified atom stereocenters. The molecule has 0 amide bonds. The van der Waals surface area contributed by atoms with Gasteiger partial charge >= 0.3 is 25.4 Å². The van der Waals surface area contributed by atoms with Gasteiger partial charge in [0, 0.05) is 0 Å². The first-order valence-electron chi connectivity index (χ1n) is 4.97. The van der Waals surface area contributed by atoms with Crippen LogP contribution < -0.4 is 17.0 Å². The Morgan fingerprint density at radius 3 is 2.26 bits per heavy atom. The molecule has 0 radical (unpaired) electrons. The van der Waals surface area contributed by atoms with Gasteiger partial charge in [-0.15, -0.1) is 5.56 Å². The molecule has 0 aliphatic carbocycles. The number of rotatable bonds is 2. The average Bonchev–Trinajstić information content (AvgIpc) is 2.39. The van der Waals surface area contributed by atoms with Gasteiger partial charge in [-0.1, -0.05) is 18.2 Å². The fraction of sp³-hybridized carbons (Fsp3) is 0.0667. The van der Waals surface area contributed by atoms with E-state index in [0.717, 1.165) is 11.1 Å². The fourth-order valence-corrected chi connectivity index (χ4v) is 1.59. The molecule has 0 aliphatic heterocycles. The Balaban J connectivity index is 0. The molecule has 0 aliphatic rings.